The molecule has 0 amide bonds. The number of benzene rings is 2. The highest BCUT2D eigenvalue weighted by molar-refractivity contribution is 6.36. The van der Waals surface area contributed by atoms with Crippen LogP contribution in [0.15, 0.2) is 47.5 Å². The average Bonchev–Trinajstić information content (AvgIpc) is 2.81. The minimum atomic E-state index is -0.161. The highest BCUT2D eigenvalue weighted by Gasteiger charge is 2.32. The first-order valence-corrected chi connectivity index (χ1v) is 7.50. The van der Waals surface area contributed by atoms with Crippen molar-refractivity contribution in [3.63, 3.8) is 0 Å². The van der Waals surface area contributed by atoms with Crippen LogP contribution in [0.5, 0.6) is 0 Å². The number of hydrogen-bond donors (Lipinski definition) is 1. The van der Waals surface area contributed by atoms with E-state index in [2.05, 4.69) is 4.99 Å². The second-order valence-electron chi connectivity index (χ2n) is 4.67. The molecule has 0 radical (unpaired) electrons. The molecule has 3 nitrogen and oxygen atoms in total. The maximum atomic E-state index is 6.31. The van der Waals surface area contributed by atoms with Gasteiger partial charge in [-0.1, -0.05) is 53.0 Å². The smallest absolute Gasteiger partial charge is 0.196 e. The standard InChI is InChI=1S/C15H12Cl3N3/c16-9-4-1-2-7-12(9)21-13(8-20-15(21)19)14-10(17)5-3-6-11(14)18/h1-7,13H,8H2,(H2,19,20). The monoisotopic (exact) mass is 339 g/mol. The first kappa shape index (κ1) is 14.5. The molecule has 1 heterocycles. The van der Waals surface area contributed by atoms with Gasteiger partial charge in [-0.15, -0.1) is 0 Å². The fourth-order valence-electron chi connectivity index (χ4n) is 2.49. The van der Waals surface area contributed by atoms with E-state index in [1.807, 2.05) is 47.4 Å². The lowest BCUT2D eigenvalue weighted by Crippen LogP contribution is -2.36. The summed E-state index contributed by atoms with van der Waals surface area (Å²) < 4.78 is 0. The molecule has 0 saturated heterocycles. The lowest BCUT2D eigenvalue weighted by molar-refractivity contribution is 0.769. The fourth-order valence-corrected chi connectivity index (χ4v) is 3.36. The molecule has 21 heavy (non-hydrogen) atoms. The van der Waals surface area contributed by atoms with Crippen molar-refractivity contribution in [1.82, 2.24) is 0 Å². The van der Waals surface area contributed by atoms with Gasteiger partial charge >= 0.3 is 0 Å². The summed E-state index contributed by atoms with van der Waals surface area (Å²) in [5.74, 6) is 0.407. The molecule has 2 aromatic rings. The molecule has 1 unspecified atom stereocenters. The molecule has 3 rings (SSSR count). The number of halogens is 3. The summed E-state index contributed by atoms with van der Waals surface area (Å²) in [5, 5.41) is 1.79. The van der Waals surface area contributed by atoms with Crippen LogP contribution in [0, 0.1) is 0 Å². The quantitative estimate of drug-likeness (QED) is 0.873. The van der Waals surface area contributed by atoms with Gasteiger partial charge in [0.2, 0.25) is 0 Å². The van der Waals surface area contributed by atoms with Crippen molar-refractivity contribution < 1.29 is 0 Å². The number of nitrogens with zero attached hydrogens (tertiary/aromatic N) is 2. The summed E-state index contributed by atoms with van der Waals surface area (Å²) in [6.45, 7) is 0.487. The number of guanidine groups is 1. The fraction of sp³-hybridized carbons (Fsp3) is 0.133. The molecule has 0 bridgehead atoms. The number of anilines is 1. The molecule has 0 fully saturated rings. The van der Waals surface area contributed by atoms with Gasteiger partial charge in [0.1, 0.15) is 0 Å². The molecule has 1 atom stereocenters. The lowest BCUT2D eigenvalue weighted by Gasteiger charge is -2.28. The van der Waals surface area contributed by atoms with Gasteiger partial charge in [-0.25, -0.2) is 0 Å². The van der Waals surface area contributed by atoms with Gasteiger partial charge in [-0.05, 0) is 24.3 Å². The molecule has 0 aromatic heterocycles. The predicted molar refractivity (Wildman–Crippen MR) is 89.6 cm³/mol. The third kappa shape index (κ3) is 2.57. The Balaban J connectivity index is 2.10. The van der Waals surface area contributed by atoms with E-state index in [0.717, 1.165) is 11.3 Å². The zero-order valence-corrected chi connectivity index (χ0v) is 13.2. The summed E-state index contributed by atoms with van der Waals surface area (Å²) >= 11 is 18.9. The second-order valence-corrected chi connectivity index (χ2v) is 5.89. The Bertz CT molecular complexity index is 695. The van der Waals surface area contributed by atoms with Gasteiger partial charge in [0, 0.05) is 15.6 Å². The third-order valence-electron chi connectivity index (χ3n) is 3.43. The first-order chi connectivity index (χ1) is 10.1. The van der Waals surface area contributed by atoms with Gasteiger partial charge in [-0.2, -0.15) is 0 Å². The molecule has 1 aliphatic rings. The summed E-state index contributed by atoms with van der Waals surface area (Å²) in [4.78, 5) is 6.19. The van der Waals surface area contributed by atoms with E-state index < -0.39 is 0 Å². The minimum Gasteiger partial charge on any atom is -0.369 e. The SMILES string of the molecule is NC1=NCC(c2c(Cl)cccc2Cl)N1c1ccccc1Cl. The van der Waals surface area contributed by atoms with Gasteiger partial charge in [0.05, 0.1) is 23.3 Å². The summed E-state index contributed by atoms with van der Waals surface area (Å²) in [6.07, 6.45) is 0. The van der Waals surface area contributed by atoms with Crippen LogP contribution in [0.1, 0.15) is 11.6 Å². The zero-order chi connectivity index (χ0) is 15.0. The van der Waals surface area contributed by atoms with E-state index >= 15 is 0 Å². The molecular formula is C15H12Cl3N3. The van der Waals surface area contributed by atoms with Crippen LogP contribution >= 0.6 is 34.8 Å². The number of nitrogens with two attached hydrogens (primary N) is 1. The molecule has 0 aliphatic carbocycles. The summed E-state index contributed by atoms with van der Waals surface area (Å²) in [7, 11) is 0. The predicted octanol–water partition coefficient (Wildman–Crippen LogP) is 4.52. The number of hydrogen-bond acceptors (Lipinski definition) is 3. The first-order valence-electron chi connectivity index (χ1n) is 6.37. The van der Waals surface area contributed by atoms with Crippen molar-refractivity contribution >= 4 is 46.4 Å². The van der Waals surface area contributed by atoms with E-state index in [1.54, 1.807) is 0 Å². The number of rotatable bonds is 2. The highest BCUT2D eigenvalue weighted by atomic mass is 35.5. The number of aliphatic imine (C=N–C) groups is 1. The Morgan fingerprint density at radius 3 is 2.24 bits per heavy atom. The van der Waals surface area contributed by atoms with Crippen LogP contribution < -0.4 is 10.6 Å². The molecule has 0 spiro atoms. The van der Waals surface area contributed by atoms with Crippen LogP contribution in [0.3, 0.4) is 0 Å². The molecule has 0 saturated carbocycles. The topological polar surface area (TPSA) is 41.6 Å². The van der Waals surface area contributed by atoms with Crippen LogP contribution in [-0.2, 0) is 0 Å². The van der Waals surface area contributed by atoms with Gasteiger partial charge in [0.25, 0.3) is 0 Å². The van der Waals surface area contributed by atoms with Crippen molar-refractivity contribution in [2.75, 3.05) is 11.4 Å². The second kappa shape index (κ2) is 5.76. The van der Waals surface area contributed by atoms with E-state index in [9.17, 15) is 0 Å². The van der Waals surface area contributed by atoms with Crippen molar-refractivity contribution in [3.8, 4) is 0 Å². The Morgan fingerprint density at radius 2 is 1.57 bits per heavy atom. The van der Waals surface area contributed by atoms with E-state index in [0.29, 0.717) is 27.6 Å². The van der Waals surface area contributed by atoms with Crippen molar-refractivity contribution in [1.29, 1.82) is 0 Å². The summed E-state index contributed by atoms with van der Waals surface area (Å²) in [5.41, 5.74) is 7.64. The van der Waals surface area contributed by atoms with Gasteiger partial charge in [-0.3, -0.25) is 4.99 Å². The van der Waals surface area contributed by atoms with Crippen LogP contribution in [-0.4, -0.2) is 12.5 Å². The maximum Gasteiger partial charge on any atom is 0.196 e. The van der Waals surface area contributed by atoms with Crippen molar-refractivity contribution in [2.45, 2.75) is 6.04 Å². The number of para-hydroxylation sites is 1. The minimum absolute atomic E-state index is 0.161. The summed E-state index contributed by atoms with van der Waals surface area (Å²) in [6, 6.07) is 12.7. The molecule has 1 aliphatic heterocycles. The Kier molecular flexibility index (Phi) is 3.98. The van der Waals surface area contributed by atoms with E-state index in [4.69, 9.17) is 40.5 Å². The Labute approximate surface area is 137 Å². The normalized spacial score (nSPS) is 18.0. The van der Waals surface area contributed by atoms with Gasteiger partial charge in [0.15, 0.2) is 5.96 Å². The van der Waals surface area contributed by atoms with E-state index in [1.165, 1.54) is 0 Å². The van der Waals surface area contributed by atoms with Crippen molar-refractivity contribution in [2.24, 2.45) is 10.7 Å². The Hall–Kier alpha value is -1.42. The van der Waals surface area contributed by atoms with Crippen LogP contribution in [0.2, 0.25) is 15.1 Å². The Morgan fingerprint density at radius 1 is 0.952 bits per heavy atom. The van der Waals surface area contributed by atoms with Crippen LogP contribution in [0.25, 0.3) is 0 Å². The molecule has 2 N–H and O–H groups in total. The van der Waals surface area contributed by atoms with Crippen molar-refractivity contribution in [3.05, 3.63) is 63.1 Å². The highest BCUT2D eigenvalue weighted by Crippen LogP contribution is 2.40. The lowest BCUT2D eigenvalue weighted by atomic mass is 10.1. The maximum absolute atomic E-state index is 6.31. The third-order valence-corrected chi connectivity index (χ3v) is 4.41. The largest absolute Gasteiger partial charge is 0.369 e. The van der Waals surface area contributed by atoms with Gasteiger partial charge < -0.3 is 10.6 Å². The molecule has 108 valence electrons. The zero-order valence-electron chi connectivity index (χ0n) is 10.9. The van der Waals surface area contributed by atoms with Crippen LogP contribution in [0.4, 0.5) is 5.69 Å². The van der Waals surface area contributed by atoms with E-state index in [-0.39, 0.29) is 6.04 Å². The molecule has 6 heteroatoms. The molecular weight excluding hydrogens is 329 g/mol. The average molecular weight is 341 g/mol. The molecule has 2 aromatic carbocycles.